The van der Waals surface area contributed by atoms with Crippen molar-refractivity contribution in [3.63, 3.8) is 0 Å². The first-order valence-electron chi connectivity index (χ1n) is 8.67. The van der Waals surface area contributed by atoms with Crippen molar-refractivity contribution < 1.29 is 5.11 Å². The Kier molecular flexibility index (Phi) is 5.69. The molecule has 4 nitrogen and oxygen atoms in total. The van der Waals surface area contributed by atoms with E-state index in [0.29, 0.717) is 11.6 Å². The molecule has 1 atom stereocenters. The van der Waals surface area contributed by atoms with Crippen LogP contribution in [0, 0.1) is 0 Å². The van der Waals surface area contributed by atoms with Crippen LogP contribution in [-0.4, -0.2) is 71.9 Å². The molecule has 2 aliphatic rings. The molecule has 0 radical (unpaired) electrons. The minimum Gasteiger partial charge on any atom is -0.394 e. The van der Waals surface area contributed by atoms with Crippen LogP contribution in [0.4, 0.5) is 0 Å². The maximum Gasteiger partial charge on any atom is 0.0610 e. The van der Waals surface area contributed by atoms with Gasteiger partial charge in [0.15, 0.2) is 0 Å². The lowest BCUT2D eigenvalue weighted by molar-refractivity contribution is 0.0387. The van der Waals surface area contributed by atoms with Gasteiger partial charge in [0.1, 0.15) is 0 Å². The first-order chi connectivity index (χ1) is 9.85. The first-order valence-corrected chi connectivity index (χ1v) is 8.67. The molecule has 1 saturated carbocycles. The molecule has 0 amide bonds. The molecule has 0 aromatic rings. The van der Waals surface area contributed by atoms with Crippen LogP contribution in [-0.2, 0) is 0 Å². The van der Waals surface area contributed by atoms with Crippen LogP contribution in [0.15, 0.2) is 0 Å². The van der Waals surface area contributed by atoms with Crippen molar-refractivity contribution in [2.24, 2.45) is 0 Å². The summed E-state index contributed by atoms with van der Waals surface area (Å²) in [4.78, 5) is 5.07. The molecule has 0 bridgehead atoms. The maximum absolute atomic E-state index is 9.63. The Morgan fingerprint density at radius 3 is 2.52 bits per heavy atom. The van der Waals surface area contributed by atoms with E-state index in [2.05, 4.69) is 42.9 Å². The standard InChI is InChI=1S/C17H35N3O/c1-16(2)13-20(12-11-19(16)4)10-6-5-9-17(3,14-21)18-15-7-8-15/h15,18,21H,5-14H2,1-4H3. The number of nitrogens with one attached hydrogen (secondary N) is 1. The van der Waals surface area contributed by atoms with E-state index in [-0.39, 0.29) is 12.1 Å². The Hall–Kier alpha value is -0.160. The summed E-state index contributed by atoms with van der Waals surface area (Å²) in [6, 6.07) is 0.667. The maximum atomic E-state index is 9.63. The fraction of sp³-hybridized carbons (Fsp3) is 1.00. The molecule has 1 saturated heterocycles. The second-order valence-corrected chi connectivity index (χ2v) is 8.10. The topological polar surface area (TPSA) is 38.7 Å². The normalized spacial score (nSPS) is 26.7. The van der Waals surface area contributed by atoms with Crippen LogP contribution in [0.1, 0.15) is 52.9 Å². The molecular formula is C17H35N3O. The average molecular weight is 297 g/mol. The molecule has 1 aliphatic carbocycles. The van der Waals surface area contributed by atoms with Gasteiger partial charge in [-0.1, -0.05) is 6.42 Å². The van der Waals surface area contributed by atoms with Crippen molar-refractivity contribution in [1.29, 1.82) is 0 Å². The van der Waals surface area contributed by atoms with Gasteiger partial charge in [-0.3, -0.25) is 4.90 Å². The molecule has 1 unspecified atom stereocenters. The molecule has 21 heavy (non-hydrogen) atoms. The summed E-state index contributed by atoms with van der Waals surface area (Å²) >= 11 is 0. The minimum absolute atomic E-state index is 0.0669. The Morgan fingerprint density at radius 2 is 1.95 bits per heavy atom. The largest absolute Gasteiger partial charge is 0.394 e. The van der Waals surface area contributed by atoms with Gasteiger partial charge < -0.3 is 15.3 Å². The lowest BCUT2D eigenvalue weighted by atomic mass is 9.95. The summed E-state index contributed by atoms with van der Waals surface area (Å²) < 4.78 is 0. The van der Waals surface area contributed by atoms with Gasteiger partial charge in [0.05, 0.1) is 6.61 Å². The second kappa shape index (κ2) is 6.95. The Bertz CT molecular complexity index is 330. The number of hydrogen-bond acceptors (Lipinski definition) is 4. The summed E-state index contributed by atoms with van der Waals surface area (Å²) in [5.41, 5.74) is 0.230. The number of rotatable bonds is 8. The fourth-order valence-corrected chi connectivity index (χ4v) is 3.30. The Morgan fingerprint density at radius 1 is 1.24 bits per heavy atom. The van der Waals surface area contributed by atoms with Gasteiger partial charge in [0.25, 0.3) is 0 Å². The van der Waals surface area contributed by atoms with Crippen molar-refractivity contribution >= 4 is 0 Å². The zero-order valence-corrected chi connectivity index (χ0v) is 14.5. The average Bonchev–Trinajstić information content (AvgIpc) is 3.22. The smallest absolute Gasteiger partial charge is 0.0610 e. The molecular weight excluding hydrogens is 262 g/mol. The SMILES string of the molecule is CN1CCN(CCCCC(C)(CO)NC2CC2)CC1(C)C. The van der Waals surface area contributed by atoms with Crippen molar-refractivity contribution in [2.75, 3.05) is 39.8 Å². The van der Waals surface area contributed by atoms with E-state index in [1.807, 2.05) is 0 Å². The lowest BCUT2D eigenvalue weighted by Gasteiger charge is -2.45. The van der Waals surface area contributed by atoms with Crippen LogP contribution in [0.2, 0.25) is 0 Å². The second-order valence-electron chi connectivity index (χ2n) is 8.10. The molecule has 0 aromatic carbocycles. The summed E-state index contributed by atoms with van der Waals surface area (Å²) in [5, 5.41) is 13.2. The van der Waals surface area contributed by atoms with Gasteiger partial charge in [-0.2, -0.15) is 0 Å². The first kappa shape index (κ1) is 17.2. The van der Waals surface area contributed by atoms with Gasteiger partial charge in [-0.15, -0.1) is 0 Å². The van der Waals surface area contributed by atoms with Crippen LogP contribution in [0.3, 0.4) is 0 Å². The van der Waals surface area contributed by atoms with E-state index >= 15 is 0 Å². The highest BCUT2D eigenvalue weighted by atomic mass is 16.3. The van der Waals surface area contributed by atoms with E-state index in [1.54, 1.807) is 0 Å². The molecule has 2 rings (SSSR count). The molecule has 4 heteroatoms. The van der Waals surface area contributed by atoms with Gasteiger partial charge >= 0.3 is 0 Å². The highest BCUT2D eigenvalue weighted by molar-refractivity contribution is 4.92. The number of hydrogen-bond donors (Lipinski definition) is 2. The molecule has 2 N–H and O–H groups in total. The summed E-state index contributed by atoms with van der Waals surface area (Å²) in [5.74, 6) is 0. The summed E-state index contributed by atoms with van der Waals surface area (Å²) in [7, 11) is 2.23. The predicted molar refractivity (Wildman–Crippen MR) is 88.6 cm³/mol. The van der Waals surface area contributed by atoms with E-state index in [1.165, 1.54) is 51.9 Å². The summed E-state index contributed by atoms with van der Waals surface area (Å²) in [6.07, 6.45) is 6.08. The van der Waals surface area contributed by atoms with Gasteiger partial charge in [0, 0.05) is 36.8 Å². The monoisotopic (exact) mass is 297 g/mol. The number of likely N-dealkylation sites (N-methyl/N-ethyl adjacent to an activating group) is 1. The lowest BCUT2D eigenvalue weighted by Crippen LogP contribution is -2.57. The van der Waals surface area contributed by atoms with Crippen LogP contribution in [0.25, 0.3) is 0 Å². The van der Waals surface area contributed by atoms with Crippen LogP contribution in [0.5, 0.6) is 0 Å². The number of piperazine rings is 1. The van der Waals surface area contributed by atoms with Crippen molar-refractivity contribution in [3.05, 3.63) is 0 Å². The highest BCUT2D eigenvalue weighted by Crippen LogP contribution is 2.25. The number of aliphatic hydroxyl groups is 1. The van der Waals surface area contributed by atoms with E-state index in [4.69, 9.17) is 0 Å². The Balaban J connectivity index is 1.64. The third kappa shape index (κ3) is 5.20. The van der Waals surface area contributed by atoms with Crippen molar-refractivity contribution in [3.8, 4) is 0 Å². The van der Waals surface area contributed by atoms with Gasteiger partial charge in [-0.05, 0) is 60.0 Å². The van der Waals surface area contributed by atoms with Crippen LogP contribution < -0.4 is 5.32 Å². The number of nitrogens with zero attached hydrogens (tertiary/aromatic N) is 2. The van der Waals surface area contributed by atoms with Crippen molar-refractivity contribution in [2.45, 2.75) is 70.0 Å². The van der Waals surface area contributed by atoms with E-state index < -0.39 is 0 Å². The van der Waals surface area contributed by atoms with Gasteiger partial charge in [0.2, 0.25) is 0 Å². The van der Waals surface area contributed by atoms with Crippen molar-refractivity contribution in [1.82, 2.24) is 15.1 Å². The third-order valence-corrected chi connectivity index (χ3v) is 5.33. The Labute approximate surface area is 130 Å². The molecule has 0 spiro atoms. The molecule has 0 aromatic heterocycles. The quantitative estimate of drug-likeness (QED) is 0.669. The number of unbranched alkanes of at least 4 members (excludes halogenated alkanes) is 1. The van der Waals surface area contributed by atoms with Crippen LogP contribution >= 0.6 is 0 Å². The molecule has 1 aliphatic heterocycles. The molecule has 1 heterocycles. The fourth-order valence-electron chi connectivity index (χ4n) is 3.30. The molecule has 124 valence electrons. The minimum atomic E-state index is -0.0669. The zero-order chi connectivity index (χ0) is 15.5. The molecule has 2 fully saturated rings. The predicted octanol–water partition coefficient (Wildman–Crippen LogP) is 1.69. The van der Waals surface area contributed by atoms with Gasteiger partial charge in [-0.25, -0.2) is 0 Å². The zero-order valence-electron chi connectivity index (χ0n) is 14.5. The third-order valence-electron chi connectivity index (χ3n) is 5.33. The number of aliphatic hydroxyl groups excluding tert-OH is 1. The van der Waals surface area contributed by atoms with E-state index in [9.17, 15) is 5.11 Å². The highest BCUT2D eigenvalue weighted by Gasteiger charge is 2.32. The summed E-state index contributed by atoms with van der Waals surface area (Å²) in [6.45, 7) is 11.8. The van der Waals surface area contributed by atoms with E-state index in [0.717, 1.165) is 6.42 Å².